The summed E-state index contributed by atoms with van der Waals surface area (Å²) in [7, 11) is 0. The molecule has 12 heteroatoms. The Morgan fingerprint density at radius 1 is 1.11 bits per heavy atom. The first-order valence-electron chi connectivity index (χ1n) is 7.40. The fraction of sp³-hybridized carbons (Fsp3) is 0.188. The molecule has 1 aliphatic rings. The summed E-state index contributed by atoms with van der Waals surface area (Å²) >= 11 is 28.9. The van der Waals surface area contributed by atoms with Crippen LogP contribution in [0.4, 0.5) is 5.69 Å². The highest BCUT2D eigenvalue weighted by Crippen LogP contribution is 2.43. The minimum absolute atomic E-state index is 0.130. The molecule has 0 amide bonds. The van der Waals surface area contributed by atoms with Gasteiger partial charge in [0.2, 0.25) is 0 Å². The number of nitrogens with zero attached hydrogens (tertiary/aromatic N) is 1. The number of nitro groups is 1. The second-order valence-corrected chi connectivity index (χ2v) is 8.69. The lowest BCUT2D eigenvalue weighted by Crippen LogP contribution is -2.26. The number of nitro benzene ring substituents is 1. The van der Waals surface area contributed by atoms with Crippen LogP contribution in [0.3, 0.4) is 0 Å². The monoisotopic (exact) mass is 485 g/mol. The van der Waals surface area contributed by atoms with Crippen LogP contribution in [-0.2, 0) is 14.3 Å². The Morgan fingerprint density at radius 3 is 2.39 bits per heavy atom. The van der Waals surface area contributed by atoms with Crippen molar-refractivity contribution in [2.24, 2.45) is 0 Å². The zero-order valence-corrected chi connectivity index (χ0v) is 17.2. The van der Waals surface area contributed by atoms with Gasteiger partial charge in [0.1, 0.15) is 11.5 Å². The highest BCUT2D eigenvalue weighted by molar-refractivity contribution is 6.68. The molecule has 1 heterocycles. The van der Waals surface area contributed by atoms with Gasteiger partial charge in [-0.2, -0.15) is 0 Å². The Hall–Kier alpha value is -1.48. The first kappa shape index (κ1) is 21.2. The third-order valence-corrected chi connectivity index (χ3v) is 4.63. The van der Waals surface area contributed by atoms with Gasteiger partial charge in [-0.1, -0.05) is 58.0 Å². The second-order valence-electron chi connectivity index (χ2n) is 5.48. The zero-order chi connectivity index (χ0) is 20.6. The molecule has 0 aliphatic carbocycles. The largest absolute Gasteiger partial charge is 0.456 e. The third-order valence-electron chi connectivity index (χ3n) is 3.56. The number of rotatable bonds is 4. The maximum atomic E-state index is 12.1. The number of carbonyl (C=O) groups excluding carboxylic acids is 1. The highest BCUT2D eigenvalue weighted by Gasteiger charge is 2.49. The van der Waals surface area contributed by atoms with Gasteiger partial charge in [0.05, 0.1) is 15.5 Å². The number of alkyl halides is 3. The van der Waals surface area contributed by atoms with E-state index in [-0.39, 0.29) is 22.1 Å². The summed E-state index contributed by atoms with van der Waals surface area (Å²) in [4.78, 5) is 22.8. The number of esters is 1. The molecule has 0 radical (unpaired) electrons. The molecule has 0 aromatic heterocycles. The average Bonchev–Trinajstić information content (AvgIpc) is 2.99. The van der Waals surface area contributed by atoms with E-state index in [9.17, 15) is 14.9 Å². The van der Waals surface area contributed by atoms with Gasteiger partial charge in [-0.25, -0.2) is 4.79 Å². The highest BCUT2D eigenvalue weighted by atomic mass is 35.6. The van der Waals surface area contributed by atoms with Crippen LogP contribution in [0, 0.1) is 10.1 Å². The molecule has 0 saturated carbocycles. The quantitative estimate of drug-likeness (QED) is 0.227. The van der Waals surface area contributed by atoms with Gasteiger partial charge in [-0.15, -0.1) is 0 Å². The number of halogens is 5. The molecular formula is C16H8Cl5NO6. The predicted octanol–water partition coefficient (Wildman–Crippen LogP) is 6.00. The van der Waals surface area contributed by atoms with Crippen LogP contribution in [-0.4, -0.2) is 21.0 Å². The lowest BCUT2D eigenvalue weighted by molar-refractivity contribution is -0.386. The van der Waals surface area contributed by atoms with Crippen LogP contribution < -0.4 is 4.74 Å². The summed E-state index contributed by atoms with van der Waals surface area (Å²) in [5.74, 6) is -0.542. The Kier molecular flexibility index (Phi) is 6.14. The average molecular weight is 488 g/mol. The molecule has 28 heavy (non-hydrogen) atoms. The fourth-order valence-electron chi connectivity index (χ4n) is 2.38. The van der Waals surface area contributed by atoms with Crippen LogP contribution in [0.25, 0.3) is 0 Å². The SMILES string of the molecule is O=C1OC(C(Cl)(Cl)Cl)OC1c1cc(Oc2ccc(Cl)cc2Cl)ccc1[N+](=O)[O-]. The molecule has 3 rings (SSSR count). The van der Waals surface area contributed by atoms with Gasteiger partial charge in [0, 0.05) is 11.1 Å². The van der Waals surface area contributed by atoms with Crippen molar-refractivity contribution in [3.63, 3.8) is 0 Å². The predicted molar refractivity (Wildman–Crippen MR) is 104 cm³/mol. The van der Waals surface area contributed by atoms with E-state index in [0.717, 1.165) is 6.07 Å². The number of hydrogen-bond acceptors (Lipinski definition) is 6. The Labute approximate surface area is 183 Å². The van der Waals surface area contributed by atoms with Gasteiger partial charge in [0.25, 0.3) is 15.8 Å². The summed E-state index contributed by atoms with van der Waals surface area (Å²) in [6, 6.07) is 8.26. The summed E-state index contributed by atoms with van der Waals surface area (Å²) in [6.45, 7) is 0. The summed E-state index contributed by atoms with van der Waals surface area (Å²) < 4.78 is 13.7. The number of ether oxygens (including phenoxy) is 3. The minimum Gasteiger partial charge on any atom is -0.456 e. The van der Waals surface area contributed by atoms with Gasteiger partial charge in [-0.05, 0) is 30.3 Å². The van der Waals surface area contributed by atoms with Gasteiger partial charge in [0.15, 0.2) is 6.10 Å². The van der Waals surface area contributed by atoms with E-state index in [4.69, 9.17) is 72.2 Å². The molecular weight excluding hydrogens is 479 g/mol. The molecule has 0 spiro atoms. The van der Waals surface area contributed by atoms with E-state index in [1.165, 1.54) is 24.3 Å². The lowest BCUT2D eigenvalue weighted by atomic mass is 10.1. The molecule has 1 aliphatic heterocycles. The van der Waals surface area contributed by atoms with E-state index in [2.05, 4.69) is 0 Å². The molecule has 1 saturated heterocycles. The van der Waals surface area contributed by atoms with Crippen molar-refractivity contribution in [1.82, 2.24) is 0 Å². The number of benzene rings is 2. The van der Waals surface area contributed by atoms with Crippen molar-refractivity contribution in [3.8, 4) is 11.5 Å². The van der Waals surface area contributed by atoms with Crippen molar-refractivity contribution in [2.75, 3.05) is 0 Å². The molecule has 7 nitrogen and oxygen atoms in total. The minimum atomic E-state index is -2.07. The topological polar surface area (TPSA) is 87.9 Å². The standard InChI is InChI=1S/C16H8Cl5NO6/c17-7-1-4-12(10(18)5-7)26-8-2-3-11(22(24)25)9(6-8)13-14(23)28-15(27-13)16(19,20)21/h1-6,13,15H. The van der Waals surface area contributed by atoms with E-state index in [1.807, 2.05) is 0 Å². The fourth-order valence-corrected chi connectivity index (χ4v) is 3.11. The molecule has 0 bridgehead atoms. The van der Waals surface area contributed by atoms with Crippen molar-refractivity contribution in [3.05, 3.63) is 62.1 Å². The Morgan fingerprint density at radius 2 is 1.82 bits per heavy atom. The summed E-state index contributed by atoms with van der Waals surface area (Å²) in [6.07, 6.45) is -3.00. The zero-order valence-electron chi connectivity index (χ0n) is 13.4. The molecule has 148 valence electrons. The smallest absolute Gasteiger partial charge is 0.342 e. The van der Waals surface area contributed by atoms with Crippen LogP contribution in [0.1, 0.15) is 11.7 Å². The Balaban J connectivity index is 1.97. The molecule has 2 aromatic rings. The van der Waals surface area contributed by atoms with Crippen LogP contribution in [0.15, 0.2) is 36.4 Å². The molecule has 1 fully saturated rings. The lowest BCUT2D eigenvalue weighted by Gasteiger charge is -2.17. The summed E-state index contributed by atoms with van der Waals surface area (Å²) in [5.41, 5.74) is -0.532. The van der Waals surface area contributed by atoms with Gasteiger partial charge < -0.3 is 14.2 Å². The normalized spacial score (nSPS) is 19.4. The van der Waals surface area contributed by atoms with Crippen molar-refractivity contribution < 1.29 is 23.9 Å². The van der Waals surface area contributed by atoms with Crippen molar-refractivity contribution >= 4 is 69.7 Å². The van der Waals surface area contributed by atoms with E-state index < -0.39 is 32.8 Å². The molecule has 2 aromatic carbocycles. The first-order valence-corrected chi connectivity index (χ1v) is 9.29. The van der Waals surface area contributed by atoms with Gasteiger partial charge >= 0.3 is 5.97 Å². The maximum absolute atomic E-state index is 12.1. The van der Waals surface area contributed by atoms with Crippen LogP contribution >= 0.6 is 58.0 Å². The molecule has 2 atom stereocenters. The third kappa shape index (κ3) is 4.56. The second kappa shape index (κ2) is 8.10. The van der Waals surface area contributed by atoms with E-state index >= 15 is 0 Å². The maximum Gasteiger partial charge on any atom is 0.342 e. The molecule has 0 N–H and O–H groups in total. The summed E-state index contributed by atoms with van der Waals surface area (Å²) in [5, 5.41) is 12.0. The van der Waals surface area contributed by atoms with Crippen LogP contribution in [0.2, 0.25) is 10.0 Å². The van der Waals surface area contributed by atoms with Gasteiger partial charge in [-0.3, -0.25) is 10.1 Å². The number of hydrogen-bond donors (Lipinski definition) is 0. The Bertz CT molecular complexity index is 948. The van der Waals surface area contributed by atoms with E-state index in [0.29, 0.717) is 5.02 Å². The number of cyclic esters (lactones) is 1. The van der Waals surface area contributed by atoms with Crippen molar-refractivity contribution in [2.45, 2.75) is 16.2 Å². The number of carbonyl (C=O) groups is 1. The first-order chi connectivity index (χ1) is 13.1. The van der Waals surface area contributed by atoms with Crippen LogP contribution in [0.5, 0.6) is 11.5 Å². The van der Waals surface area contributed by atoms with Crippen molar-refractivity contribution in [1.29, 1.82) is 0 Å². The van der Waals surface area contributed by atoms with E-state index in [1.54, 1.807) is 6.07 Å². The molecule has 2 unspecified atom stereocenters.